The normalized spacial score (nSPS) is 10.3. The number of nitrogen functional groups attached to an aromatic ring is 1. The van der Waals surface area contributed by atoms with Crippen molar-refractivity contribution in [1.82, 2.24) is 9.97 Å². The van der Waals surface area contributed by atoms with Crippen molar-refractivity contribution in [2.24, 2.45) is 5.73 Å². The summed E-state index contributed by atoms with van der Waals surface area (Å²) in [6, 6.07) is 5.35. The first kappa shape index (κ1) is 14.1. The lowest BCUT2D eigenvalue weighted by atomic mass is 10.0. The van der Waals surface area contributed by atoms with Crippen LogP contribution in [0.25, 0.3) is 11.3 Å². The van der Waals surface area contributed by atoms with Crippen LogP contribution in [0.15, 0.2) is 18.2 Å². The molecule has 0 bridgehead atoms. The maximum Gasteiger partial charge on any atom is 0.254 e. The number of aryl methyl sites for hydroxylation is 1. The number of ether oxygens (including phenoxy) is 1. The Morgan fingerprint density at radius 2 is 2.05 bits per heavy atom. The molecule has 0 unspecified atom stereocenters. The van der Waals surface area contributed by atoms with Crippen LogP contribution >= 0.6 is 11.6 Å². The van der Waals surface area contributed by atoms with Crippen molar-refractivity contribution in [3.63, 3.8) is 0 Å². The van der Waals surface area contributed by atoms with Crippen LogP contribution in [0.5, 0.6) is 5.75 Å². The zero-order chi connectivity index (χ0) is 14.9. The first-order valence-corrected chi connectivity index (χ1v) is 6.09. The number of carbonyl (C=O) groups excluding carboxylic acids is 1. The zero-order valence-corrected chi connectivity index (χ0v) is 11.7. The Kier molecular flexibility index (Phi) is 3.76. The van der Waals surface area contributed by atoms with Crippen LogP contribution in [-0.2, 0) is 0 Å². The predicted octanol–water partition coefficient (Wildman–Crippen LogP) is 1.80. The van der Waals surface area contributed by atoms with E-state index in [0.29, 0.717) is 11.3 Å². The van der Waals surface area contributed by atoms with Gasteiger partial charge in [0.2, 0.25) is 5.95 Å². The molecule has 0 aliphatic rings. The average Bonchev–Trinajstić information content (AvgIpc) is 2.37. The molecule has 0 aliphatic heterocycles. The van der Waals surface area contributed by atoms with E-state index in [0.717, 1.165) is 5.56 Å². The number of halogens is 1. The molecule has 0 atom stereocenters. The highest BCUT2D eigenvalue weighted by molar-refractivity contribution is 6.33. The maximum absolute atomic E-state index is 11.5. The summed E-state index contributed by atoms with van der Waals surface area (Å²) in [5.41, 5.74) is 12.8. The van der Waals surface area contributed by atoms with Crippen LogP contribution in [0.4, 0.5) is 5.95 Å². The molecule has 0 aliphatic carbocycles. The molecule has 20 heavy (non-hydrogen) atoms. The Bertz CT molecular complexity index is 688. The molecule has 0 radical (unpaired) electrons. The van der Waals surface area contributed by atoms with Crippen molar-refractivity contribution in [3.05, 3.63) is 34.5 Å². The van der Waals surface area contributed by atoms with E-state index in [2.05, 4.69) is 9.97 Å². The van der Waals surface area contributed by atoms with E-state index in [9.17, 15) is 4.79 Å². The van der Waals surface area contributed by atoms with Crippen molar-refractivity contribution in [1.29, 1.82) is 0 Å². The molecule has 1 aromatic carbocycles. The van der Waals surface area contributed by atoms with Gasteiger partial charge in [-0.1, -0.05) is 23.7 Å². The third-order valence-electron chi connectivity index (χ3n) is 2.81. The fourth-order valence-electron chi connectivity index (χ4n) is 1.84. The first-order valence-electron chi connectivity index (χ1n) is 5.72. The van der Waals surface area contributed by atoms with Gasteiger partial charge in [0.05, 0.1) is 12.8 Å². The molecular formula is C13H13ClN4O2. The number of hydrogen-bond acceptors (Lipinski definition) is 5. The van der Waals surface area contributed by atoms with Gasteiger partial charge in [-0.3, -0.25) is 4.79 Å². The smallest absolute Gasteiger partial charge is 0.254 e. The lowest BCUT2D eigenvalue weighted by Gasteiger charge is -2.11. The topological polar surface area (TPSA) is 104 Å². The van der Waals surface area contributed by atoms with Gasteiger partial charge in [-0.2, -0.15) is 0 Å². The quantitative estimate of drug-likeness (QED) is 0.839. The molecule has 1 amide bonds. The van der Waals surface area contributed by atoms with E-state index in [-0.39, 0.29) is 22.4 Å². The number of hydrogen-bond donors (Lipinski definition) is 2. The second kappa shape index (κ2) is 5.34. The van der Waals surface area contributed by atoms with Crippen LogP contribution in [0.2, 0.25) is 5.15 Å². The van der Waals surface area contributed by atoms with E-state index in [4.69, 9.17) is 27.8 Å². The van der Waals surface area contributed by atoms with Crippen molar-refractivity contribution in [2.75, 3.05) is 12.8 Å². The maximum atomic E-state index is 11.5. The largest absolute Gasteiger partial charge is 0.496 e. The van der Waals surface area contributed by atoms with Crippen LogP contribution in [0.1, 0.15) is 15.9 Å². The fraction of sp³-hybridized carbons (Fsp3) is 0.154. The summed E-state index contributed by atoms with van der Waals surface area (Å²) in [4.78, 5) is 19.3. The van der Waals surface area contributed by atoms with Gasteiger partial charge >= 0.3 is 0 Å². The standard InChI is InChI=1S/C13H13ClN4O2/c1-6-3-4-7(5-8(6)20-2)10-9(12(15)19)11(14)18-13(16)17-10/h3-5H,1-2H3,(H2,15,19)(H2,16,17,18). The molecule has 4 N–H and O–H groups in total. The van der Waals surface area contributed by atoms with Gasteiger partial charge in [-0.25, -0.2) is 9.97 Å². The Balaban J connectivity index is 2.71. The highest BCUT2D eigenvalue weighted by Crippen LogP contribution is 2.30. The van der Waals surface area contributed by atoms with Gasteiger partial charge in [0.25, 0.3) is 5.91 Å². The SMILES string of the molecule is COc1cc(-c2nc(N)nc(Cl)c2C(N)=O)ccc1C. The van der Waals surface area contributed by atoms with Crippen LogP contribution < -0.4 is 16.2 Å². The summed E-state index contributed by atoms with van der Waals surface area (Å²) in [5.74, 6) is -0.0923. The van der Waals surface area contributed by atoms with Crippen LogP contribution in [0, 0.1) is 6.92 Å². The summed E-state index contributed by atoms with van der Waals surface area (Å²) >= 11 is 5.92. The summed E-state index contributed by atoms with van der Waals surface area (Å²) in [7, 11) is 1.56. The van der Waals surface area contributed by atoms with Crippen molar-refractivity contribution >= 4 is 23.5 Å². The monoisotopic (exact) mass is 292 g/mol. The molecule has 1 heterocycles. The third kappa shape index (κ3) is 2.50. The van der Waals surface area contributed by atoms with Crippen molar-refractivity contribution in [3.8, 4) is 17.0 Å². The number of aromatic nitrogens is 2. The summed E-state index contributed by atoms with van der Waals surface area (Å²) in [5, 5.41) is -0.0699. The number of primary amides is 1. The van der Waals surface area contributed by atoms with Gasteiger partial charge in [-0.05, 0) is 18.6 Å². The molecular weight excluding hydrogens is 280 g/mol. The summed E-state index contributed by atoms with van der Waals surface area (Å²) in [6.45, 7) is 1.90. The molecule has 0 saturated heterocycles. The third-order valence-corrected chi connectivity index (χ3v) is 3.08. The number of amides is 1. The Morgan fingerprint density at radius 3 is 2.65 bits per heavy atom. The lowest BCUT2D eigenvalue weighted by molar-refractivity contribution is 0.100. The van der Waals surface area contributed by atoms with E-state index in [1.165, 1.54) is 0 Å². The minimum absolute atomic E-state index is 0.0328. The molecule has 7 heteroatoms. The molecule has 104 valence electrons. The molecule has 0 saturated carbocycles. The van der Waals surface area contributed by atoms with Gasteiger partial charge < -0.3 is 16.2 Å². The zero-order valence-electron chi connectivity index (χ0n) is 11.0. The van der Waals surface area contributed by atoms with Gasteiger partial charge in [0, 0.05) is 5.56 Å². The second-order valence-electron chi connectivity index (χ2n) is 4.14. The van der Waals surface area contributed by atoms with Gasteiger partial charge in [-0.15, -0.1) is 0 Å². The number of benzene rings is 1. The number of anilines is 1. The lowest BCUT2D eigenvalue weighted by Crippen LogP contribution is -2.16. The molecule has 6 nitrogen and oxygen atoms in total. The van der Waals surface area contributed by atoms with Gasteiger partial charge in [0.1, 0.15) is 16.5 Å². The fourth-order valence-corrected chi connectivity index (χ4v) is 2.11. The molecule has 0 fully saturated rings. The number of nitrogens with zero attached hydrogens (tertiary/aromatic N) is 2. The highest BCUT2D eigenvalue weighted by atomic mass is 35.5. The number of nitrogens with two attached hydrogens (primary N) is 2. The summed E-state index contributed by atoms with van der Waals surface area (Å²) < 4.78 is 5.24. The molecule has 0 spiro atoms. The number of carbonyl (C=O) groups is 1. The van der Waals surface area contributed by atoms with E-state index in [1.807, 2.05) is 13.0 Å². The Labute approximate surface area is 120 Å². The predicted molar refractivity (Wildman–Crippen MR) is 76.7 cm³/mol. The summed E-state index contributed by atoms with van der Waals surface area (Å²) in [6.07, 6.45) is 0. The second-order valence-corrected chi connectivity index (χ2v) is 4.50. The van der Waals surface area contributed by atoms with E-state index in [1.54, 1.807) is 19.2 Å². The van der Waals surface area contributed by atoms with E-state index >= 15 is 0 Å². The van der Waals surface area contributed by atoms with Crippen LogP contribution in [-0.4, -0.2) is 23.0 Å². The number of methoxy groups -OCH3 is 1. The van der Waals surface area contributed by atoms with Crippen molar-refractivity contribution in [2.45, 2.75) is 6.92 Å². The van der Waals surface area contributed by atoms with Crippen LogP contribution in [0.3, 0.4) is 0 Å². The Hall–Kier alpha value is -2.34. The van der Waals surface area contributed by atoms with Gasteiger partial charge in [0.15, 0.2) is 0 Å². The van der Waals surface area contributed by atoms with E-state index < -0.39 is 5.91 Å². The highest BCUT2D eigenvalue weighted by Gasteiger charge is 2.19. The number of rotatable bonds is 3. The molecule has 2 aromatic rings. The average molecular weight is 293 g/mol. The molecule has 2 rings (SSSR count). The first-order chi connectivity index (χ1) is 9.43. The Morgan fingerprint density at radius 1 is 1.35 bits per heavy atom. The van der Waals surface area contributed by atoms with Crippen molar-refractivity contribution < 1.29 is 9.53 Å². The minimum Gasteiger partial charge on any atom is -0.496 e. The molecule has 1 aromatic heterocycles. The minimum atomic E-state index is -0.718.